The Kier molecular flexibility index (Phi) is 4.05. The molecule has 4 rings (SSSR count). The lowest BCUT2D eigenvalue weighted by molar-refractivity contribution is 0.444. The second kappa shape index (κ2) is 6.33. The fraction of sp³-hybridized carbons (Fsp3) is 0.286. The van der Waals surface area contributed by atoms with Gasteiger partial charge in [-0.2, -0.15) is 0 Å². The molecule has 1 fully saturated rings. The number of hydrogen-bond donors (Lipinski definition) is 0. The summed E-state index contributed by atoms with van der Waals surface area (Å²) in [4.78, 5) is 4.63. The highest BCUT2D eigenvalue weighted by Gasteiger charge is 2.18. The van der Waals surface area contributed by atoms with Crippen LogP contribution >= 0.6 is 11.6 Å². The number of hydrogen-bond acceptors (Lipinski definition) is 1. The first-order valence-electron chi connectivity index (χ1n) is 8.46. The maximum atomic E-state index is 6.21. The van der Waals surface area contributed by atoms with Crippen molar-refractivity contribution in [3.8, 4) is 11.1 Å². The molecule has 1 aliphatic rings. The molecule has 0 aliphatic heterocycles. The van der Waals surface area contributed by atoms with E-state index in [2.05, 4.69) is 29.2 Å². The van der Waals surface area contributed by atoms with E-state index in [9.17, 15) is 0 Å². The molecule has 1 heterocycles. The Bertz CT molecular complexity index is 834. The van der Waals surface area contributed by atoms with Crippen LogP contribution in [0.25, 0.3) is 22.0 Å². The van der Waals surface area contributed by atoms with Gasteiger partial charge < -0.3 is 0 Å². The maximum absolute atomic E-state index is 6.21. The lowest BCUT2D eigenvalue weighted by Crippen LogP contribution is -2.05. The van der Waals surface area contributed by atoms with Crippen LogP contribution in [-0.2, 0) is 0 Å². The van der Waals surface area contributed by atoms with Crippen LogP contribution in [0.15, 0.2) is 54.7 Å². The van der Waals surface area contributed by atoms with Crippen molar-refractivity contribution < 1.29 is 0 Å². The smallest absolute Gasteiger partial charge is 0.0780 e. The molecule has 1 nitrogen and oxygen atoms in total. The summed E-state index contributed by atoms with van der Waals surface area (Å²) in [6.45, 7) is 0. The second-order valence-electron chi connectivity index (χ2n) is 6.49. The zero-order chi connectivity index (χ0) is 15.6. The number of halogens is 1. The number of benzene rings is 2. The largest absolute Gasteiger partial charge is 0.256 e. The summed E-state index contributed by atoms with van der Waals surface area (Å²) >= 11 is 6.21. The third-order valence-electron chi connectivity index (χ3n) is 4.94. The molecule has 2 aromatic carbocycles. The molecule has 0 amide bonds. The van der Waals surface area contributed by atoms with Gasteiger partial charge in [0.2, 0.25) is 0 Å². The van der Waals surface area contributed by atoms with Gasteiger partial charge >= 0.3 is 0 Å². The van der Waals surface area contributed by atoms with E-state index in [0.29, 0.717) is 5.92 Å². The Morgan fingerprint density at radius 3 is 2.61 bits per heavy atom. The minimum atomic E-state index is 0.686. The molecular formula is C21H20ClN. The molecule has 0 saturated heterocycles. The van der Waals surface area contributed by atoms with Crippen molar-refractivity contribution in [1.82, 2.24) is 4.98 Å². The summed E-state index contributed by atoms with van der Waals surface area (Å²) in [5, 5.41) is 2.00. The van der Waals surface area contributed by atoms with Crippen LogP contribution in [0.2, 0.25) is 5.02 Å². The molecule has 3 aromatic rings. The summed E-state index contributed by atoms with van der Waals surface area (Å²) in [7, 11) is 0. The second-order valence-corrected chi connectivity index (χ2v) is 6.93. The van der Waals surface area contributed by atoms with Crippen LogP contribution in [0.5, 0.6) is 0 Å². The van der Waals surface area contributed by atoms with Crippen molar-refractivity contribution in [2.45, 2.75) is 38.0 Å². The first-order valence-corrected chi connectivity index (χ1v) is 8.84. The fourth-order valence-electron chi connectivity index (χ4n) is 3.76. The number of fused-ring (bicyclic) bond motifs is 1. The normalized spacial score (nSPS) is 15.9. The van der Waals surface area contributed by atoms with Crippen LogP contribution < -0.4 is 0 Å². The topological polar surface area (TPSA) is 12.9 Å². The Morgan fingerprint density at radius 2 is 1.78 bits per heavy atom. The van der Waals surface area contributed by atoms with E-state index >= 15 is 0 Å². The predicted molar refractivity (Wildman–Crippen MR) is 98.0 cm³/mol. The minimum Gasteiger partial charge on any atom is -0.256 e. The van der Waals surface area contributed by atoms with Crippen molar-refractivity contribution in [3.63, 3.8) is 0 Å². The lowest BCUT2D eigenvalue weighted by atomic mass is 9.82. The van der Waals surface area contributed by atoms with Crippen molar-refractivity contribution in [2.24, 2.45) is 0 Å². The standard InChI is InChI=1S/C21H20ClN/c22-19-10-4-8-16(13-19)20-14-18(15-6-2-1-3-7-15)12-17-9-5-11-23-21(17)20/h4-5,8-15H,1-3,6-7H2. The number of rotatable bonds is 2. The minimum absolute atomic E-state index is 0.686. The van der Waals surface area contributed by atoms with Gasteiger partial charge in [0.25, 0.3) is 0 Å². The van der Waals surface area contributed by atoms with Gasteiger partial charge in [-0.3, -0.25) is 4.98 Å². The first-order chi connectivity index (χ1) is 11.3. The van der Waals surface area contributed by atoms with Gasteiger partial charge in [0.05, 0.1) is 5.52 Å². The molecule has 1 aromatic heterocycles. The third-order valence-corrected chi connectivity index (χ3v) is 5.17. The van der Waals surface area contributed by atoms with Gasteiger partial charge in [-0.15, -0.1) is 0 Å². The predicted octanol–water partition coefficient (Wildman–Crippen LogP) is 6.60. The third kappa shape index (κ3) is 2.98. The van der Waals surface area contributed by atoms with Gasteiger partial charge in [0.1, 0.15) is 0 Å². The van der Waals surface area contributed by atoms with Gasteiger partial charge in [-0.1, -0.05) is 49.1 Å². The van der Waals surface area contributed by atoms with Crippen molar-refractivity contribution >= 4 is 22.5 Å². The van der Waals surface area contributed by atoms with Crippen LogP contribution in [0.3, 0.4) is 0 Å². The van der Waals surface area contributed by atoms with Gasteiger partial charge in [-0.05, 0) is 60.2 Å². The van der Waals surface area contributed by atoms with Crippen LogP contribution in [0.4, 0.5) is 0 Å². The van der Waals surface area contributed by atoms with Crippen LogP contribution in [0.1, 0.15) is 43.6 Å². The van der Waals surface area contributed by atoms with E-state index in [1.165, 1.54) is 48.6 Å². The van der Waals surface area contributed by atoms with Crippen molar-refractivity contribution in [2.75, 3.05) is 0 Å². The highest BCUT2D eigenvalue weighted by Crippen LogP contribution is 2.37. The molecule has 0 unspecified atom stereocenters. The van der Waals surface area contributed by atoms with E-state index in [4.69, 9.17) is 11.6 Å². The molecule has 116 valence electrons. The molecular weight excluding hydrogens is 302 g/mol. The summed E-state index contributed by atoms with van der Waals surface area (Å²) in [5.74, 6) is 0.686. The van der Waals surface area contributed by atoms with Gasteiger partial charge in [0, 0.05) is 22.2 Å². The lowest BCUT2D eigenvalue weighted by Gasteiger charge is -2.23. The highest BCUT2D eigenvalue weighted by molar-refractivity contribution is 6.30. The van der Waals surface area contributed by atoms with E-state index in [1.54, 1.807) is 0 Å². The molecule has 0 bridgehead atoms. The summed E-state index contributed by atoms with van der Waals surface area (Å²) in [5.41, 5.74) is 4.87. The molecule has 0 spiro atoms. The fourth-order valence-corrected chi connectivity index (χ4v) is 3.95. The summed E-state index contributed by atoms with van der Waals surface area (Å²) < 4.78 is 0. The number of pyridine rings is 1. The summed E-state index contributed by atoms with van der Waals surface area (Å²) in [6.07, 6.45) is 8.56. The van der Waals surface area contributed by atoms with Crippen LogP contribution in [0, 0.1) is 0 Å². The van der Waals surface area contributed by atoms with Gasteiger partial charge in [-0.25, -0.2) is 0 Å². The number of nitrogens with zero attached hydrogens (tertiary/aromatic N) is 1. The molecule has 1 aliphatic carbocycles. The molecule has 2 heteroatoms. The Balaban J connectivity index is 1.90. The maximum Gasteiger partial charge on any atom is 0.0780 e. The average Bonchev–Trinajstić information content (AvgIpc) is 2.61. The van der Waals surface area contributed by atoms with E-state index in [-0.39, 0.29) is 0 Å². The molecule has 0 atom stereocenters. The average molecular weight is 322 g/mol. The first kappa shape index (κ1) is 14.7. The van der Waals surface area contributed by atoms with Gasteiger partial charge in [0.15, 0.2) is 0 Å². The van der Waals surface area contributed by atoms with E-state index in [1.807, 2.05) is 30.5 Å². The molecule has 0 N–H and O–H groups in total. The van der Waals surface area contributed by atoms with Crippen molar-refractivity contribution in [3.05, 3.63) is 65.3 Å². The van der Waals surface area contributed by atoms with E-state index in [0.717, 1.165) is 16.1 Å². The van der Waals surface area contributed by atoms with Crippen LogP contribution in [-0.4, -0.2) is 4.98 Å². The van der Waals surface area contributed by atoms with Crippen molar-refractivity contribution in [1.29, 1.82) is 0 Å². The molecule has 23 heavy (non-hydrogen) atoms. The summed E-state index contributed by atoms with van der Waals surface area (Å²) in [6, 6.07) is 17.0. The quantitative estimate of drug-likeness (QED) is 0.518. The Morgan fingerprint density at radius 1 is 0.913 bits per heavy atom. The molecule has 1 saturated carbocycles. The monoisotopic (exact) mass is 321 g/mol. The Hall–Kier alpha value is -1.86. The number of aromatic nitrogens is 1. The SMILES string of the molecule is Clc1cccc(-c2cc(C3CCCCC3)cc3cccnc23)c1. The zero-order valence-electron chi connectivity index (χ0n) is 13.1. The molecule has 0 radical (unpaired) electrons. The highest BCUT2D eigenvalue weighted by atomic mass is 35.5. The van der Waals surface area contributed by atoms with E-state index < -0.39 is 0 Å². The Labute approximate surface area is 142 Å². The zero-order valence-corrected chi connectivity index (χ0v) is 13.9.